The van der Waals surface area contributed by atoms with E-state index in [4.69, 9.17) is 4.74 Å². The molecule has 0 atom stereocenters. The number of likely N-dealkylation sites (N-methyl/N-ethyl adjacent to an activating group) is 1. The van der Waals surface area contributed by atoms with Gasteiger partial charge in [-0.3, -0.25) is 9.78 Å². The molecule has 1 aromatic heterocycles. The molecular weight excluding hydrogens is 356 g/mol. The summed E-state index contributed by atoms with van der Waals surface area (Å²) >= 11 is 0. The molecule has 7 heteroatoms. The fraction of sp³-hybridized carbons (Fsp3) is 0.381. The molecule has 1 fully saturated rings. The fourth-order valence-corrected chi connectivity index (χ4v) is 3.46. The van der Waals surface area contributed by atoms with Crippen LogP contribution in [0.2, 0.25) is 0 Å². The Balaban J connectivity index is 1.55. The molecule has 1 saturated carbocycles. The Morgan fingerprint density at radius 3 is 2.46 bits per heavy atom. The minimum absolute atomic E-state index is 0.138. The third-order valence-corrected chi connectivity index (χ3v) is 4.95. The fourth-order valence-electron chi connectivity index (χ4n) is 3.46. The third kappa shape index (κ3) is 5.00. The average molecular weight is 382 g/mol. The van der Waals surface area contributed by atoms with Crippen molar-refractivity contribution in [2.24, 2.45) is 0 Å². The van der Waals surface area contributed by atoms with Crippen LogP contribution in [-0.4, -0.2) is 29.5 Å². The molecule has 0 radical (unpaired) electrons. The molecule has 2 aromatic rings. The summed E-state index contributed by atoms with van der Waals surface area (Å²) < 4.78 is 5.69. The molecule has 0 aliphatic heterocycles. The maximum atomic E-state index is 12.5. The van der Waals surface area contributed by atoms with E-state index in [1.807, 2.05) is 18.2 Å². The Bertz CT molecular complexity index is 787. The summed E-state index contributed by atoms with van der Waals surface area (Å²) in [5, 5.41) is 8.36. The molecule has 0 bridgehead atoms. The number of pyridine rings is 1. The van der Waals surface area contributed by atoms with E-state index < -0.39 is 5.54 Å². The molecule has 0 unspecified atom stereocenters. The maximum absolute atomic E-state index is 12.5. The van der Waals surface area contributed by atoms with Crippen molar-refractivity contribution in [2.45, 2.75) is 44.2 Å². The van der Waals surface area contributed by atoms with Crippen molar-refractivity contribution in [3.63, 3.8) is 0 Å². The lowest BCUT2D eigenvalue weighted by atomic mass is 9.81. The van der Waals surface area contributed by atoms with E-state index in [9.17, 15) is 9.59 Å². The van der Waals surface area contributed by atoms with Crippen molar-refractivity contribution in [2.75, 3.05) is 12.4 Å². The molecule has 0 saturated heterocycles. The van der Waals surface area contributed by atoms with Gasteiger partial charge >= 0.3 is 6.03 Å². The maximum Gasteiger partial charge on any atom is 0.320 e. The van der Waals surface area contributed by atoms with E-state index in [-0.39, 0.29) is 11.9 Å². The number of hydrogen-bond acceptors (Lipinski definition) is 4. The van der Waals surface area contributed by atoms with Crippen molar-refractivity contribution in [3.05, 3.63) is 54.4 Å². The van der Waals surface area contributed by atoms with Crippen LogP contribution in [0.3, 0.4) is 0 Å². The van der Waals surface area contributed by atoms with Crippen LogP contribution in [0, 0.1) is 0 Å². The normalized spacial score (nSPS) is 15.3. The van der Waals surface area contributed by atoms with Gasteiger partial charge < -0.3 is 20.7 Å². The number of benzene rings is 1. The van der Waals surface area contributed by atoms with Gasteiger partial charge in [-0.2, -0.15) is 0 Å². The highest BCUT2D eigenvalue weighted by atomic mass is 16.5. The molecule has 3 amide bonds. The quantitative estimate of drug-likeness (QED) is 0.715. The summed E-state index contributed by atoms with van der Waals surface area (Å²) in [6.45, 7) is 0.378. The van der Waals surface area contributed by atoms with Crippen LogP contribution < -0.4 is 20.7 Å². The molecule has 0 spiro atoms. The highest BCUT2D eigenvalue weighted by Crippen LogP contribution is 2.28. The standard InChI is InChI=1S/C21H26N4O3/c1-22-19(26)21(12-4-2-5-13-21)25-20(27)24-16-8-10-18(11-9-16)28-15-17-7-3-6-14-23-17/h3,6-11,14H,2,4-5,12-13,15H2,1H3,(H,22,26)(H2,24,25,27). The molecule has 28 heavy (non-hydrogen) atoms. The number of anilines is 1. The zero-order valence-electron chi connectivity index (χ0n) is 16.0. The van der Waals surface area contributed by atoms with Gasteiger partial charge in [-0.05, 0) is 49.2 Å². The molecule has 3 rings (SSSR count). The number of urea groups is 1. The van der Waals surface area contributed by atoms with Crippen LogP contribution in [0.5, 0.6) is 5.75 Å². The molecule has 1 aliphatic rings. The monoisotopic (exact) mass is 382 g/mol. The van der Waals surface area contributed by atoms with Crippen LogP contribution in [0.1, 0.15) is 37.8 Å². The lowest BCUT2D eigenvalue weighted by Gasteiger charge is -2.36. The Hall–Kier alpha value is -3.09. The zero-order chi connectivity index (χ0) is 19.8. The minimum atomic E-state index is -0.831. The number of carbonyl (C=O) groups is 2. The lowest BCUT2D eigenvalue weighted by molar-refractivity contribution is -0.128. The van der Waals surface area contributed by atoms with Crippen LogP contribution in [0.4, 0.5) is 10.5 Å². The molecule has 1 aliphatic carbocycles. The van der Waals surface area contributed by atoms with E-state index in [1.54, 1.807) is 37.5 Å². The van der Waals surface area contributed by atoms with Crippen LogP contribution in [0.15, 0.2) is 48.7 Å². The Labute approximate surface area is 164 Å². The van der Waals surface area contributed by atoms with Gasteiger partial charge in [-0.1, -0.05) is 25.3 Å². The second kappa shape index (κ2) is 9.21. The van der Waals surface area contributed by atoms with E-state index in [2.05, 4.69) is 20.9 Å². The molecule has 148 valence electrons. The molecule has 1 aromatic carbocycles. The zero-order valence-corrected chi connectivity index (χ0v) is 16.0. The first kappa shape index (κ1) is 19.7. The first-order chi connectivity index (χ1) is 13.6. The number of amides is 3. The van der Waals surface area contributed by atoms with Crippen molar-refractivity contribution in [1.29, 1.82) is 0 Å². The number of nitrogens with one attached hydrogen (secondary N) is 3. The Kier molecular flexibility index (Phi) is 6.47. The Morgan fingerprint density at radius 1 is 1.07 bits per heavy atom. The molecule has 7 nitrogen and oxygen atoms in total. The number of aromatic nitrogens is 1. The number of ether oxygens (including phenoxy) is 1. The summed E-state index contributed by atoms with van der Waals surface area (Å²) in [5.74, 6) is 0.548. The number of rotatable bonds is 6. The molecular formula is C21H26N4O3. The largest absolute Gasteiger partial charge is 0.487 e. The summed E-state index contributed by atoms with van der Waals surface area (Å²) in [5.41, 5.74) is 0.643. The average Bonchev–Trinajstić information content (AvgIpc) is 2.74. The van der Waals surface area contributed by atoms with Gasteiger partial charge in [0.2, 0.25) is 5.91 Å². The van der Waals surface area contributed by atoms with Gasteiger partial charge in [0.1, 0.15) is 17.9 Å². The Morgan fingerprint density at radius 2 is 1.82 bits per heavy atom. The van der Waals surface area contributed by atoms with Crippen LogP contribution in [-0.2, 0) is 11.4 Å². The summed E-state index contributed by atoms with van der Waals surface area (Å²) in [4.78, 5) is 29.0. The third-order valence-electron chi connectivity index (χ3n) is 4.95. The number of nitrogens with zero attached hydrogens (tertiary/aromatic N) is 1. The smallest absolute Gasteiger partial charge is 0.320 e. The topological polar surface area (TPSA) is 92.4 Å². The second-order valence-electron chi connectivity index (χ2n) is 6.94. The highest BCUT2D eigenvalue weighted by Gasteiger charge is 2.40. The second-order valence-corrected chi connectivity index (χ2v) is 6.94. The van der Waals surface area contributed by atoms with E-state index >= 15 is 0 Å². The van der Waals surface area contributed by atoms with E-state index in [0.29, 0.717) is 30.9 Å². The van der Waals surface area contributed by atoms with Gasteiger partial charge in [0.15, 0.2) is 0 Å². The van der Waals surface area contributed by atoms with E-state index in [0.717, 1.165) is 25.0 Å². The van der Waals surface area contributed by atoms with Gasteiger partial charge in [0.25, 0.3) is 0 Å². The van der Waals surface area contributed by atoms with Crippen molar-refractivity contribution >= 4 is 17.6 Å². The van der Waals surface area contributed by atoms with Gasteiger partial charge in [-0.25, -0.2) is 4.79 Å². The number of carbonyl (C=O) groups excluding carboxylic acids is 2. The predicted molar refractivity (Wildman–Crippen MR) is 107 cm³/mol. The SMILES string of the molecule is CNC(=O)C1(NC(=O)Nc2ccc(OCc3ccccn3)cc2)CCCCC1. The van der Waals surface area contributed by atoms with Crippen molar-refractivity contribution in [1.82, 2.24) is 15.6 Å². The highest BCUT2D eigenvalue weighted by molar-refractivity contribution is 5.96. The molecule has 1 heterocycles. The predicted octanol–water partition coefficient (Wildman–Crippen LogP) is 3.23. The first-order valence-corrected chi connectivity index (χ1v) is 9.55. The van der Waals surface area contributed by atoms with Gasteiger partial charge in [0, 0.05) is 18.9 Å². The van der Waals surface area contributed by atoms with E-state index in [1.165, 1.54) is 0 Å². The lowest BCUT2D eigenvalue weighted by Crippen LogP contribution is -2.60. The first-order valence-electron chi connectivity index (χ1n) is 9.55. The van der Waals surface area contributed by atoms with Crippen molar-refractivity contribution in [3.8, 4) is 5.75 Å². The summed E-state index contributed by atoms with van der Waals surface area (Å²) in [7, 11) is 1.60. The molecule has 3 N–H and O–H groups in total. The summed E-state index contributed by atoms with van der Waals surface area (Å²) in [6.07, 6.45) is 5.97. The van der Waals surface area contributed by atoms with Gasteiger partial charge in [0.05, 0.1) is 5.69 Å². The number of hydrogen-bond donors (Lipinski definition) is 3. The minimum Gasteiger partial charge on any atom is -0.487 e. The van der Waals surface area contributed by atoms with Crippen LogP contribution in [0.25, 0.3) is 0 Å². The summed E-state index contributed by atoms with van der Waals surface area (Å²) in [6, 6.07) is 12.4. The van der Waals surface area contributed by atoms with Crippen LogP contribution >= 0.6 is 0 Å². The van der Waals surface area contributed by atoms with Gasteiger partial charge in [-0.15, -0.1) is 0 Å². The van der Waals surface area contributed by atoms with Crippen molar-refractivity contribution < 1.29 is 14.3 Å².